The van der Waals surface area contributed by atoms with Crippen LogP contribution >= 0.6 is 35.6 Å². The Morgan fingerprint density at radius 2 is 1.37 bits per heavy atom. The number of rotatable bonds is 16. The van der Waals surface area contributed by atoms with Gasteiger partial charge in [-0.15, -0.1) is 14.4 Å². The molecule has 0 aromatic heterocycles. The predicted molar refractivity (Wildman–Crippen MR) is 192 cm³/mol. The van der Waals surface area contributed by atoms with Crippen molar-refractivity contribution in [3.05, 3.63) is 29.8 Å². The number of imide groups is 1. The molecule has 6 rings (SSSR count). The standard InChI is InChI=1S/C17H24N4O4S2.C14H19N3O5S.CH4/c18-24-25-27-12-7-5-11(6-8-12)9-19-15(22)4-2-1-3-14-16-13(10-26-14)20-17(23)21-16;18-10-5-6-11(19)17(10)22-12(20)4-2-1-3-9-13-8(7-23-9)15-14(21)16-13;/h5-8,13-14,16H,1-4,9-10,18H2,(H,19,22)(H2,20,21,23);8-9,13H,1-7H2,(H2,15,16,21);1H4/t13-,14-,16-;8-,9-,13-;/m00./s1. The van der Waals surface area contributed by atoms with Crippen LogP contribution in [0.1, 0.15) is 77.2 Å². The highest BCUT2D eigenvalue weighted by Gasteiger charge is 2.43. The first-order valence-electron chi connectivity index (χ1n) is 16.7. The molecule has 282 valence electrons. The summed E-state index contributed by atoms with van der Waals surface area (Å²) in [6, 6.07) is 8.28. The number of amides is 7. The molecule has 6 atom stereocenters. The molecule has 7 N–H and O–H groups in total. The summed E-state index contributed by atoms with van der Waals surface area (Å²) in [5.74, 6) is 5.26. The number of nitrogens with zero attached hydrogens (tertiary/aromatic N) is 1. The van der Waals surface area contributed by atoms with Crippen LogP contribution in [0.2, 0.25) is 0 Å². The number of fused-ring (bicyclic) bond motifs is 2. The fraction of sp³-hybridized carbons (Fsp3) is 0.625. The second-order valence-electron chi connectivity index (χ2n) is 12.4. The van der Waals surface area contributed by atoms with Gasteiger partial charge >= 0.3 is 18.0 Å². The quantitative estimate of drug-likeness (QED) is 0.0356. The van der Waals surface area contributed by atoms with Crippen LogP contribution in [0.15, 0.2) is 29.2 Å². The molecule has 0 radical (unpaired) electrons. The van der Waals surface area contributed by atoms with Crippen LogP contribution in [-0.4, -0.2) is 87.0 Å². The zero-order chi connectivity index (χ0) is 35.5. The van der Waals surface area contributed by atoms with Gasteiger partial charge in [0, 0.05) is 59.1 Å². The van der Waals surface area contributed by atoms with E-state index in [-0.39, 0.29) is 68.8 Å². The Morgan fingerprint density at radius 1 is 0.824 bits per heavy atom. The zero-order valence-corrected chi connectivity index (χ0v) is 29.8. The number of carbonyl (C=O) groups excluding carboxylic acids is 6. The van der Waals surface area contributed by atoms with Gasteiger partial charge < -0.3 is 31.4 Å². The van der Waals surface area contributed by atoms with Crippen LogP contribution in [0.25, 0.3) is 0 Å². The maximum absolute atomic E-state index is 12.0. The smallest absolute Gasteiger partial charge is 0.333 e. The predicted octanol–water partition coefficient (Wildman–Crippen LogP) is 2.81. The van der Waals surface area contributed by atoms with Crippen molar-refractivity contribution in [2.24, 2.45) is 5.90 Å². The van der Waals surface area contributed by atoms with Crippen LogP contribution in [-0.2, 0) is 39.9 Å². The Kier molecular flexibility index (Phi) is 16.0. The molecule has 0 aliphatic carbocycles. The number of thioether (sulfide) groups is 2. The molecule has 0 saturated carbocycles. The summed E-state index contributed by atoms with van der Waals surface area (Å²) in [5, 5.41) is 16.1. The molecule has 19 heteroatoms. The summed E-state index contributed by atoms with van der Waals surface area (Å²) in [6.07, 6.45) is 6.13. The lowest BCUT2D eigenvalue weighted by molar-refractivity contribution is -0.197. The van der Waals surface area contributed by atoms with Crippen LogP contribution in [0.5, 0.6) is 0 Å². The third-order valence-electron chi connectivity index (χ3n) is 8.92. The number of hydrogen-bond donors (Lipinski definition) is 6. The minimum atomic E-state index is -0.554. The van der Waals surface area contributed by atoms with Crippen molar-refractivity contribution >= 4 is 71.3 Å². The molecule has 1 aromatic carbocycles. The molecule has 0 unspecified atom stereocenters. The lowest BCUT2D eigenvalue weighted by Gasteiger charge is -2.16. The Hall–Kier alpha value is -3.23. The normalized spacial score (nSPS) is 25.8. The van der Waals surface area contributed by atoms with Gasteiger partial charge in [0.2, 0.25) is 5.91 Å². The van der Waals surface area contributed by atoms with Gasteiger partial charge in [0.1, 0.15) is 0 Å². The van der Waals surface area contributed by atoms with E-state index in [4.69, 9.17) is 10.7 Å². The third kappa shape index (κ3) is 11.9. The lowest BCUT2D eigenvalue weighted by atomic mass is 10.0. The molecule has 0 bridgehead atoms. The van der Waals surface area contributed by atoms with Crippen molar-refractivity contribution in [2.45, 2.75) is 118 Å². The second-order valence-corrected chi connectivity index (χ2v) is 15.8. The van der Waals surface area contributed by atoms with Crippen molar-refractivity contribution < 1.29 is 42.9 Å². The maximum atomic E-state index is 12.0. The molecule has 1 aromatic rings. The lowest BCUT2D eigenvalue weighted by Crippen LogP contribution is -2.36. The molecule has 5 aliphatic heterocycles. The molecule has 7 amide bonds. The fourth-order valence-electron chi connectivity index (χ4n) is 6.35. The van der Waals surface area contributed by atoms with Gasteiger partial charge in [0.25, 0.3) is 11.8 Å². The van der Waals surface area contributed by atoms with Gasteiger partial charge in [-0.2, -0.15) is 29.4 Å². The Bertz CT molecular complexity index is 1380. The van der Waals surface area contributed by atoms with E-state index in [0.29, 0.717) is 34.9 Å². The van der Waals surface area contributed by atoms with Gasteiger partial charge in [-0.05, 0) is 43.4 Å². The number of nitrogens with one attached hydrogen (secondary N) is 5. The fourth-order valence-corrected chi connectivity index (χ4v) is 9.80. The first-order valence-corrected chi connectivity index (χ1v) is 19.5. The number of hydroxylamine groups is 2. The molecule has 0 spiro atoms. The van der Waals surface area contributed by atoms with Gasteiger partial charge in [-0.1, -0.05) is 32.4 Å². The van der Waals surface area contributed by atoms with Crippen LogP contribution in [0.3, 0.4) is 0 Å². The van der Waals surface area contributed by atoms with E-state index in [9.17, 15) is 28.8 Å². The molecule has 5 heterocycles. The Labute approximate surface area is 309 Å². The molecule has 5 aliphatic rings. The monoisotopic (exact) mass is 769 g/mol. The number of nitrogens with two attached hydrogens (primary N) is 1. The minimum absolute atomic E-state index is 0. The molecule has 51 heavy (non-hydrogen) atoms. The van der Waals surface area contributed by atoms with Gasteiger partial charge in [0.15, 0.2) is 0 Å². The topological polar surface area (TPSA) is 220 Å². The number of hydrogen-bond acceptors (Lipinski definition) is 13. The first-order chi connectivity index (χ1) is 24.2. The van der Waals surface area contributed by atoms with E-state index in [1.807, 2.05) is 47.8 Å². The van der Waals surface area contributed by atoms with Crippen molar-refractivity contribution in [1.82, 2.24) is 31.6 Å². The van der Waals surface area contributed by atoms with Crippen LogP contribution < -0.4 is 32.5 Å². The van der Waals surface area contributed by atoms with Crippen molar-refractivity contribution in [3.63, 3.8) is 0 Å². The average Bonchev–Trinajstić information content (AvgIpc) is 3.91. The molecule has 16 nitrogen and oxygen atoms in total. The maximum Gasteiger partial charge on any atom is 0.333 e. The SMILES string of the molecule is C.NOOSc1ccc(CNC(=O)CCCC[C@@H]2SC[C@@H]3NC(=O)N[C@@H]32)cc1.O=C1N[C@H]2[C@H](CS[C@H]2CCCCC(=O)ON2C(=O)CCC2=O)N1. The summed E-state index contributed by atoms with van der Waals surface area (Å²) in [4.78, 5) is 78.7. The highest BCUT2D eigenvalue weighted by Crippen LogP contribution is 2.34. The van der Waals surface area contributed by atoms with E-state index < -0.39 is 17.8 Å². The van der Waals surface area contributed by atoms with E-state index in [1.54, 1.807) is 0 Å². The summed E-state index contributed by atoms with van der Waals surface area (Å²) < 4.78 is 4.58. The van der Waals surface area contributed by atoms with Crippen molar-refractivity contribution in [3.8, 4) is 0 Å². The largest absolute Gasteiger partial charge is 0.352 e. The van der Waals surface area contributed by atoms with Crippen LogP contribution in [0.4, 0.5) is 9.59 Å². The van der Waals surface area contributed by atoms with Gasteiger partial charge in [0.05, 0.1) is 36.2 Å². The summed E-state index contributed by atoms with van der Waals surface area (Å²) in [5.41, 5.74) is 1.01. The van der Waals surface area contributed by atoms with E-state index in [1.165, 1.54) is 0 Å². The number of urea groups is 2. The molecular formula is C32H47N7O9S3. The highest BCUT2D eigenvalue weighted by molar-refractivity contribution is 8.00. The first kappa shape index (κ1) is 40.5. The molecule has 5 saturated heterocycles. The van der Waals surface area contributed by atoms with Crippen LogP contribution in [0, 0.1) is 0 Å². The number of unbranched alkanes of at least 4 members (excludes halogenated alkanes) is 2. The number of carbonyl (C=O) groups is 6. The van der Waals surface area contributed by atoms with Crippen molar-refractivity contribution in [1.29, 1.82) is 0 Å². The number of benzene rings is 1. The molecular weight excluding hydrogens is 723 g/mol. The minimum Gasteiger partial charge on any atom is -0.352 e. The zero-order valence-electron chi connectivity index (χ0n) is 27.4. The summed E-state index contributed by atoms with van der Waals surface area (Å²) in [6.45, 7) is 0.498. The van der Waals surface area contributed by atoms with Crippen molar-refractivity contribution in [2.75, 3.05) is 11.5 Å². The summed E-state index contributed by atoms with van der Waals surface area (Å²) in [7, 11) is 0. The molecule has 5 fully saturated rings. The highest BCUT2D eigenvalue weighted by atomic mass is 32.2. The average molecular weight is 770 g/mol. The van der Waals surface area contributed by atoms with E-state index in [0.717, 1.165) is 66.1 Å². The Morgan fingerprint density at radius 3 is 1.92 bits per heavy atom. The van der Waals surface area contributed by atoms with E-state index >= 15 is 0 Å². The summed E-state index contributed by atoms with van der Waals surface area (Å²) >= 11 is 4.76. The van der Waals surface area contributed by atoms with Gasteiger partial charge in [-0.3, -0.25) is 14.4 Å². The second kappa shape index (κ2) is 20.1. The Balaban J connectivity index is 0.000000227. The van der Waals surface area contributed by atoms with E-state index in [2.05, 4.69) is 35.9 Å². The third-order valence-corrected chi connectivity index (χ3v) is 12.5. The van der Waals surface area contributed by atoms with Gasteiger partial charge in [-0.25, -0.2) is 14.4 Å².